The molecule has 0 spiro atoms. The highest BCUT2D eigenvalue weighted by molar-refractivity contribution is 14.1. The smallest absolute Gasteiger partial charge is 0.306 e. The second kappa shape index (κ2) is 7.39. The van der Waals surface area contributed by atoms with Crippen LogP contribution in [-0.2, 0) is 9.53 Å². The van der Waals surface area contributed by atoms with Gasteiger partial charge < -0.3 is 15.2 Å². The van der Waals surface area contributed by atoms with Crippen LogP contribution in [0.25, 0.3) is 0 Å². The van der Waals surface area contributed by atoms with E-state index in [-0.39, 0.29) is 13.0 Å². The largest absolute Gasteiger partial charge is 0.481 e. The highest BCUT2D eigenvalue weighted by Gasteiger charge is 2.15. The van der Waals surface area contributed by atoms with Crippen LogP contribution in [-0.4, -0.2) is 36.7 Å². The summed E-state index contributed by atoms with van der Waals surface area (Å²) < 4.78 is 18.3. The van der Waals surface area contributed by atoms with Gasteiger partial charge in [-0.15, -0.1) is 0 Å². The Bertz CT molecular complexity index is 481. The molecule has 0 fully saturated rings. The molecule has 7 heteroatoms. The van der Waals surface area contributed by atoms with Gasteiger partial charge in [0.15, 0.2) is 0 Å². The van der Waals surface area contributed by atoms with Crippen LogP contribution in [0.3, 0.4) is 0 Å². The molecule has 1 amide bonds. The molecule has 0 saturated carbocycles. The Balaban J connectivity index is 2.61. The molecule has 1 aromatic rings. The first kappa shape index (κ1) is 15.8. The van der Waals surface area contributed by atoms with Gasteiger partial charge in [0.05, 0.1) is 18.1 Å². The fraction of sp³-hybridized carbons (Fsp3) is 0.333. The lowest BCUT2D eigenvalue weighted by Crippen LogP contribution is -2.34. The Morgan fingerprint density at radius 2 is 2.21 bits per heavy atom. The summed E-state index contributed by atoms with van der Waals surface area (Å²) in [7, 11) is 1.38. The van der Waals surface area contributed by atoms with Crippen LogP contribution in [0, 0.1) is 9.39 Å². The number of rotatable bonds is 6. The standard InChI is InChI=1S/C12H13FINO4/c1-19-8(5-11(16)17)6-15-12(18)9-3-2-7(13)4-10(9)14/h2-4,8H,5-6H2,1H3,(H,15,18)(H,16,17). The molecule has 5 nitrogen and oxygen atoms in total. The number of carboxylic acid groups (broad SMARTS) is 1. The number of carboxylic acids is 1. The predicted molar refractivity (Wildman–Crippen MR) is 74.5 cm³/mol. The Hall–Kier alpha value is -1.22. The van der Waals surface area contributed by atoms with Gasteiger partial charge in [0.1, 0.15) is 5.82 Å². The molecule has 0 heterocycles. The Labute approximate surface area is 123 Å². The van der Waals surface area contributed by atoms with Gasteiger partial charge in [-0.3, -0.25) is 9.59 Å². The monoisotopic (exact) mass is 381 g/mol. The van der Waals surface area contributed by atoms with E-state index < -0.39 is 23.8 Å². The molecule has 0 aliphatic heterocycles. The maximum absolute atomic E-state index is 12.9. The molecule has 1 unspecified atom stereocenters. The molecule has 0 aliphatic carbocycles. The molecule has 1 rings (SSSR count). The second-order valence-electron chi connectivity index (χ2n) is 3.79. The predicted octanol–water partition coefficient (Wildman–Crippen LogP) is 1.65. The normalized spacial score (nSPS) is 11.9. The quantitative estimate of drug-likeness (QED) is 0.735. The maximum Gasteiger partial charge on any atom is 0.306 e. The molecule has 1 atom stereocenters. The number of halogens is 2. The molecule has 0 aromatic heterocycles. The Kier molecular flexibility index (Phi) is 6.16. The zero-order valence-corrected chi connectivity index (χ0v) is 12.3. The van der Waals surface area contributed by atoms with Crippen molar-refractivity contribution in [1.29, 1.82) is 0 Å². The van der Waals surface area contributed by atoms with Gasteiger partial charge in [-0.2, -0.15) is 0 Å². The number of hydrogen-bond donors (Lipinski definition) is 2. The summed E-state index contributed by atoms with van der Waals surface area (Å²) in [5.41, 5.74) is 0.340. The summed E-state index contributed by atoms with van der Waals surface area (Å²) >= 11 is 1.86. The summed E-state index contributed by atoms with van der Waals surface area (Å²) in [6, 6.07) is 3.83. The topological polar surface area (TPSA) is 75.6 Å². The van der Waals surface area contributed by atoms with Crippen molar-refractivity contribution in [2.24, 2.45) is 0 Å². The second-order valence-corrected chi connectivity index (χ2v) is 4.95. The van der Waals surface area contributed by atoms with Crippen molar-refractivity contribution < 1.29 is 23.8 Å². The first-order chi connectivity index (χ1) is 8.93. The van der Waals surface area contributed by atoms with Crippen LogP contribution in [0.2, 0.25) is 0 Å². The molecular weight excluding hydrogens is 368 g/mol. The van der Waals surface area contributed by atoms with Crippen molar-refractivity contribution in [1.82, 2.24) is 5.32 Å². The summed E-state index contributed by atoms with van der Waals surface area (Å²) in [5, 5.41) is 11.2. The van der Waals surface area contributed by atoms with Crippen molar-refractivity contribution in [2.45, 2.75) is 12.5 Å². The lowest BCUT2D eigenvalue weighted by atomic mass is 10.2. The molecule has 19 heavy (non-hydrogen) atoms. The molecule has 0 radical (unpaired) electrons. The SMILES string of the molecule is COC(CNC(=O)c1ccc(F)cc1I)CC(=O)O. The number of carbonyl (C=O) groups is 2. The summed E-state index contributed by atoms with van der Waals surface area (Å²) in [5.74, 6) is -1.81. The van der Waals surface area contributed by atoms with E-state index in [2.05, 4.69) is 5.32 Å². The third-order valence-corrected chi connectivity index (χ3v) is 3.29. The van der Waals surface area contributed by atoms with Gasteiger partial charge >= 0.3 is 5.97 Å². The lowest BCUT2D eigenvalue weighted by Gasteiger charge is -2.14. The minimum Gasteiger partial charge on any atom is -0.481 e. The van der Waals surface area contributed by atoms with E-state index >= 15 is 0 Å². The molecule has 2 N–H and O–H groups in total. The van der Waals surface area contributed by atoms with Crippen molar-refractivity contribution >= 4 is 34.5 Å². The maximum atomic E-state index is 12.9. The zero-order chi connectivity index (χ0) is 14.4. The van der Waals surface area contributed by atoms with Crippen LogP contribution >= 0.6 is 22.6 Å². The van der Waals surface area contributed by atoms with Crippen LogP contribution in [0.1, 0.15) is 16.8 Å². The average Bonchev–Trinajstić information content (AvgIpc) is 2.33. The fourth-order valence-corrected chi connectivity index (χ4v) is 2.13. The van der Waals surface area contributed by atoms with E-state index in [1.807, 2.05) is 22.6 Å². The van der Waals surface area contributed by atoms with Gasteiger partial charge in [0.2, 0.25) is 0 Å². The van der Waals surface area contributed by atoms with Crippen molar-refractivity contribution in [2.75, 3.05) is 13.7 Å². The highest BCUT2D eigenvalue weighted by Crippen LogP contribution is 2.13. The Morgan fingerprint density at radius 1 is 1.53 bits per heavy atom. The molecule has 0 saturated heterocycles. The number of methoxy groups -OCH3 is 1. The number of benzene rings is 1. The van der Waals surface area contributed by atoms with Crippen LogP contribution in [0.5, 0.6) is 0 Å². The average molecular weight is 381 g/mol. The minimum absolute atomic E-state index is 0.0785. The van der Waals surface area contributed by atoms with Crippen LogP contribution < -0.4 is 5.32 Å². The lowest BCUT2D eigenvalue weighted by molar-refractivity contribution is -0.139. The number of amides is 1. The molecule has 0 bridgehead atoms. The first-order valence-corrected chi connectivity index (χ1v) is 6.49. The number of hydrogen-bond acceptors (Lipinski definition) is 3. The fourth-order valence-electron chi connectivity index (χ4n) is 1.41. The van der Waals surface area contributed by atoms with Gasteiger partial charge in [0.25, 0.3) is 5.91 Å². The number of ether oxygens (including phenoxy) is 1. The Morgan fingerprint density at radius 3 is 2.74 bits per heavy atom. The van der Waals surface area contributed by atoms with E-state index in [4.69, 9.17) is 9.84 Å². The third-order valence-electron chi connectivity index (χ3n) is 2.40. The summed E-state index contributed by atoms with van der Waals surface area (Å²) in [6.07, 6.45) is -0.795. The van der Waals surface area contributed by atoms with E-state index in [0.717, 1.165) is 0 Å². The highest BCUT2D eigenvalue weighted by atomic mass is 127. The van der Waals surface area contributed by atoms with Crippen molar-refractivity contribution in [3.63, 3.8) is 0 Å². The molecule has 1 aromatic carbocycles. The summed E-state index contributed by atoms with van der Waals surface area (Å²) in [6.45, 7) is 0.0785. The number of nitrogens with one attached hydrogen (secondary N) is 1. The number of carbonyl (C=O) groups excluding carboxylic acids is 1. The minimum atomic E-state index is -1.00. The summed E-state index contributed by atoms with van der Waals surface area (Å²) in [4.78, 5) is 22.4. The van der Waals surface area contributed by atoms with Gasteiger partial charge in [0, 0.05) is 17.2 Å². The molecule has 104 valence electrons. The van der Waals surface area contributed by atoms with E-state index in [1.54, 1.807) is 0 Å². The van der Waals surface area contributed by atoms with Gasteiger partial charge in [-0.1, -0.05) is 0 Å². The van der Waals surface area contributed by atoms with Crippen molar-refractivity contribution in [3.8, 4) is 0 Å². The van der Waals surface area contributed by atoms with Crippen molar-refractivity contribution in [3.05, 3.63) is 33.1 Å². The molecule has 0 aliphatic rings. The zero-order valence-electron chi connectivity index (χ0n) is 10.2. The van der Waals surface area contributed by atoms with E-state index in [1.165, 1.54) is 25.3 Å². The van der Waals surface area contributed by atoms with Gasteiger partial charge in [-0.25, -0.2) is 4.39 Å². The number of aliphatic carboxylic acids is 1. The van der Waals surface area contributed by atoms with E-state index in [9.17, 15) is 14.0 Å². The first-order valence-electron chi connectivity index (χ1n) is 5.42. The van der Waals surface area contributed by atoms with E-state index in [0.29, 0.717) is 9.13 Å². The molecular formula is C12H13FINO4. The van der Waals surface area contributed by atoms with Gasteiger partial charge in [-0.05, 0) is 40.8 Å². The third kappa shape index (κ3) is 5.11. The van der Waals surface area contributed by atoms with Crippen LogP contribution in [0.4, 0.5) is 4.39 Å². The van der Waals surface area contributed by atoms with Crippen LogP contribution in [0.15, 0.2) is 18.2 Å².